The molecule has 14 heavy (non-hydrogen) atoms. The Morgan fingerprint density at radius 3 is 2.71 bits per heavy atom. The lowest BCUT2D eigenvalue weighted by molar-refractivity contribution is -0.146. The van der Waals surface area contributed by atoms with Crippen LogP contribution in [0.1, 0.15) is 17.3 Å². The zero-order valence-corrected chi connectivity index (χ0v) is 9.47. The van der Waals surface area contributed by atoms with Gasteiger partial charge >= 0.3 is 5.97 Å². The minimum Gasteiger partial charge on any atom is -0.467 e. The monoisotopic (exact) mass is 260 g/mol. The first kappa shape index (κ1) is 11.2. The first-order valence-electron chi connectivity index (χ1n) is 4.04. The Hall–Kier alpha value is -0.900. The summed E-state index contributed by atoms with van der Waals surface area (Å²) in [7, 11) is 1.16. The minimum absolute atomic E-state index is 0.300. The summed E-state index contributed by atoms with van der Waals surface area (Å²) in [5.74, 6) is -0.874. The third-order valence-corrected chi connectivity index (χ3v) is 2.75. The Balaban J connectivity index is 2.96. The van der Waals surface area contributed by atoms with Gasteiger partial charge in [-0.3, -0.25) is 0 Å². The minimum atomic E-state index is -1.71. The van der Waals surface area contributed by atoms with Crippen LogP contribution in [0.4, 0.5) is 4.39 Å². The molecule has 1 unspecified atom stereocenters. The van der Waals surface area contributed by atoms with Crippen LogP contribution in [0.25, 0.3) is 0 Å². The number of hydrogen-bond donors (Lipinski definition) is 0. The van der Waals surface area contributed by atoms with Gasteiger partial charge in [0.05, 0.1) is 7.11 Å². The second kappa shape index (κ2) is 4.55. The first-order valence-corrected chi connectivity index (χ1v) is 4.83. The van der Waals surface area contributed by atoms with Gasteiger partial charge in [-0.1, -0.05) is 28.1 Å². The largest absolute Gasteiger partial charge is 0.467 e. The fourth-order valence-corrected chi connectivity index (χ4v) is 1.40. The summed E-state index contributed by atoms with van der Waals surface area (Å²) in [6.45, 7) is 1.89. The van der Waals surface area contributed by atoms with Crippen molar-refractivity contribution in [2.24, 2.45) is 0 Å². The molecule has 0 bridgehead atoms. The third-order valence-electron chi connectivity index (χ3n) is 1.90. The van der Waals surface area contributed by atoms with Gasteiger partial charge in [-0.05, 0) is 24.1 Å². The number of aryl methyl sites for hydroxylation is 1. The van der Waals surface area contributed by atoms with E-state index < -0.39 is 12.1 Å². The van der Waals surface area contributed by atoms with Gasteiger partial charge in [-0.2, -0.15) is 0 Å². The van der Waals surface area contributed by atoms with Crippen molar-refractivity contribution in [2.45, 2.75) is 13.1 Å². The zero-order valence-electron chi connectivity index (χ0n) is 7.88. The lowest BCUT2D eigenvalue weighted by atomic mass is 10.1. The molecule has 1 aromatic carbocycles. The normalized spacial score (nSPS) is 12.3. The highest BCUT2D eigenvalue weighted by molar-refractivity contribution is 9.10. The van der Waals surface area contributed by atoms with Crippen LogP contribution in [-0.2, 0) is 9.53 Å². The molecule has 0 heterocycles. The maximum Gasteiger partial charge on any atom is 0.345 e. The fraction of sp³-hybridized carbons (Fsp3) is 0.300. The van der Waals surface area contributed by atoms with Crippen LogP contribution in [0, 0.1) is 6.92 Å². The molecule has 0 radical (unpaired) electrons. The number of alkyl halides is 1. The molecule has 0 fully saturated rings. The molecule has 0 spiro atoms. The summed E-state index contributed by atoms with van der Waals surface area (Å²) in [5, 5.41) is 0. The molecule has 0 aliphatic rings. The van der Waals surface area contributed by atoms with Gasteiger partial charge in [0.25, 0.3) is 0 Å². The Kier molecular flexibility index (Phi) is 3.63. The number of esters is 1. The lowest BCUT2D eigenvalue weighted by Crippen LogP contribution is -2.09. The molecule has 0 aliphatic heterocycles. The quantitative estimate of drug-likeness (QED) is 0.765. The summed E-state index contributed by atoms with van der Waals surface area (Å²) in [4.78, 5) is 10.9. The van der Waals surface area contributed by atoms with Gasteiger partial charge in [0.2, 0.25) is 6.17 Å². The van der Waals surface area contributed by atoms with Crippen LogP contribution < -0.4 is 0 Å². The van der Waals surface area contributed by atoms with Gasteiger partial charge < -0.3 is 4.74 Å². The number of carbonyl (C=O) groups is 1. The number of halogens is 2. The number of carbonyl (C=O) groups excluding carboxylic acids is 1. The van der Waals surface area contributed by atoms with Gasteiger partial charge in [0.15, 0.2) is 0 Å². The predicted octanol–water partition coefficient (Wildman–Crippen LogP) is 2.94. The van der Waals surface area contributed by atoms with Crippen LogP contribution in [0.3, 0.4) is 0 Å². The molecule has 1 aromatic rings. The van der Waals surface area contributed by atoms with Crippen molar-refractivity contribution >= 4 is 21.9 Å². The molecule has 0 saturated heterocycles. The van der Waals surface area contributed by atoms with E-state index in [1.54, 1.807) is 18.2 Å². The molecule has 0 amide bonds. The highest BCUT2D eigenvalue weighted by atomic mass is 79.9. The van der Waals surface area contributed by atoms with E-state index in [4.69, 9.17) is 0 Å². The molecule has 0 N–H and O–H groups in total. The average molecular weight is 261 g/mol. The van der Waals surface area contributed by atoms with E-state index in [0.29, 0.717) is 5.56 Å². The predicted molar refractivity (Wildman–Crippen MR) is 54.7 cm³/mol. The molecule has 1 rings (SSSR count). The SMILES string of the molecule is COC(=O)C(F)c1ccc(C)c(Br)c1. The molecule has 0 saturated carbocycles. The number of methoxy groups -OCH3 is 1. The van der Waals surface area contributed by atoms with Crippen LogP contribution in [0.2, 0.25) is 0 Å². The first-order chi connectivity index (χ1) is 6.56. The van der Waals surface area contributed by atoms with Crippen molar-refractivity contribution in [3.63, 3.8) is 0 Å². The van der Waals surface area contributed by atoms with E-state index in [1.807, 2.05) is 6.92 Å². The van der Waals surface area contributed by atoms with Gasteiger partial charge in [-0.25, -0.2) is 9.18 Å². The van der Waals surface area contributed by atoms with Crippen LogP contribution >= 0.6 is 15.9 Å². The molecular formula is C10H10BrFO2. The topological polar surface area (TPSA) is 26.3 Å². The van der Waals surface area contributed by atoms with Crippen molar-refractivity contribution in [2.75, 3.05) is 7.11 Å². The summed E-state index contributed by atoms with van der Waals surface area (Å²) >= 11 is 3.27. The van der Waals surface area contributed by atoms with Crippen molar-refractivity contribution in [1.29, 1.82) is 0 Å². The zero-order chi connectivity index (χ0) is 10.7. The molecule has 0 aliphatic carbocycles. The van der Waals surface area contributed by atoms with Crippen LogP contribution in [-0.4, -0.2) is 13.1 Å². The van der Waals surface area contributed by atoms with Crippen molar-refractivity contribution in [3.8, 4) is 0 Å². The smallest absolute Gasteiger partial charge is 0.345 e. The van der Waals surface area contributed by atoms with Crippen LogP contribution in [0.5, 0.6) is 0 Å². The summed E-state index contributed by atoms with van der Waals surface area (Å²) < 4.78 is 18.4. The number of ether oxygens (including phenoxy) is 1. The summed E-state index contributed by atoms with van der Waals surface area (Å²) in [6.07, 6.45) is -1.71. The Bertz CT molecular complexity index is 352. The van der Waals surface area contributed by atoms with E-state index in [1.165, 1.54) is 0 Å². The molecule has 0 aromatic heterocycles. The van der Waals surface area contributed by atoms with Crippen molar-refractivity contribution in [1.82, 2.24) is 0 Å². The van der Waals surface area contributed by atoms with Gasteiger partial charge in [0.1, 0.15) is 0 Å². The fourth-order valence-electron chi connectivity index (χ4n) is 1.01. The molecule has 1 atom stereocenters. The Labute approximate surface area is 90.2 Å². The maximum absolute atomic E-state index is 13.3. The van der Waals surface area contributed by atoms with E-state index in [2.05, 4.69) is 20.7 Å². The summed E-state index contributed by atoms with van der Waals surface area (Å²) in [5.41, 5.74) is 1.29. The Morgan fingerprint density at radius 2 is 2.21 bits per heavy atom. The summed E-state index contributed by atoms with van der Waals surface area (Å²) in [6, 6.07) is 4.90. The second-order valence-electron chi connectivity index (χ2n) is 2.89. The van der Waals surface area contributed by atoms with Crippen molar-refractivity contribution < 1.29 is 13.9 Å². The maximum atomic E-state index is 13.3. The molecule has 4 heteroatoms. The number of hydrogen-bond acceptors (Lipinski definition) is 2. The molecule has 2 nitrogen and oxygen atoms in total. The van der Waals surface area contributed by atoms with Crippen LogP contribution in [0.15, 0.2) is 22.7 Å². The average Bonchev–Trinajstić information content (AvgIpc) is 2.20. The van der Waals surface area contributed by atoms with E-state index in [-0.39, 0.29) is 0 Å². The lowest BCUT2D eigenvalue weighted by Gasteiger charge is -2.07. The Morgan fingerprint density at radius 1 is 1.57 bits per heavy atom. The number of rotatable bonds is 2. The van der Waals surface area contributed by atoms with Gasteiger partial charge in [-0.15, -0.1) is 0 Å². The van der Waals surface area contributed by atoms with E-state index in [9.17, 15) is 9.18 Å². The molecule has 76 valence electrons. The highest BCUT2D eigenvalue weighted by Gasteiger charge is 2.20. The van der Waals surface area contributed by atoms with E-state index >= 15 is 0 Å². The standard InChI is InChI=1S/C10H10BrFO2/c1-6-3-4-7(5-8(6)11)9(12)10(13)14-2/h3-5,9H,1-2H3. The van der Waals surface area contributed by atoms with Crippen molar-refractivity contribution in [3.05, 3.63) is 33.8 Å². The second-order valence-corrected chi connectivity index (χ2v) is 3.75. The van der Waals surface area contributed by atoms with E-state index in [0.717, 1.165) is 17.1 Å². The van der Waals surface area contributed by atoms with Gasteiger partial charge in [0, 0.05) is 4.47 Å². The highest BCUT2D eigenvalue weighted by Crippen LogP contribution is 2.24. The molecular weight excluding hydrogens is 251 g/mol. The third kappa shape index (κ3) is 2.32. The number of benzene rings is 1.